The van der Waals surface area contributed by atoms with E-state index in [1.807, 2.05) is 4.90 Å². The van der Waals surface area contributed by atoms with E-state index < -0.39 is 10.0 Å². The van der Waals surface area contributed by atoms with Crippen molar-refractivity contribution in [3.05, 3.63) is 41.7 Å². The van der Waals surface area contributed by atoms with Crippen molar-refractivity contribution in [2.45, 2.75) is 23.8 Å². The van der Waals surface area contributed by atoms with Gasteiger partial charge in [0.15, 0.2) is 0 Å². The molecule has 0 aliphatic carbocycles. The molecule has 0 bridgehead atoms. The van der Waals surface area contributed by atoms with E-state index in [1.54, 1.807) is 30.5 Å². The number of nitrogens with zero attached hydrogens (tertiary/aromatic N) is 2. The number of carbonyl (C=O) groups is 1. The third kappa shape index (κ3) is 2.79. The lowest BCUT2D eigenvalue weighted by Gasteiger charge is -2.24. The van der Waals surface area contributed by atoms with E-state index in [2.05, 4.69) is 5.32 Å². The molecule has 1 fully saturated rings. The van der Waals surface area contributed by atoms with Crippen LogP contribution in [0, 0.1) is 0 Å². The van der Waals surface area contributed by atoms with Gasteiger partial charge in [0.1, 0.15) is 5.58 Å². The zero-order valence-corrected chi connectivity index (χ0v) is 15.7. The zero-order valence-electron chi connectivity index (χ0n) is 14.8. The Bertz CT molecular complexity index is 1030. The number of furan rings is 1. The molecule has 0 radical (unpaired) electrons. The molecule has 8 heteroatoms. The molecule has 2 aromatic rings. The minimum Gasteiger partial charge on any atom is -0.464 e. The molecule has 1 aromatic carbocycles. The Labute approximate surface area is 157 Å². The predicted octanol–water partition coefficient (Wildman–Crippen LogP) is 1.33. The fourth-order valence-corrected chi connectivity index (χ4v) is 5.71. The highest BCUT2D eigenvalue weighted by molar-refractivity contribution is 7.89. The van der Waals surface area contributed by atoms with Crippen LogP contribution in [0.25, 0.3) is 11.0 Å². The Morgan fingerprint density at radius 2 is 1.89 bits per heavy atom. The maximum absolute atomic E-state index is 13.0. The Kier molecular flexibility index (Phi) is 3.89. The predicted molar refractivity (Wildman–Crippen MR) is 99.6 cm³/mol. The Morgan fingerprint density at radius 1 is 1.11 bits per heavy atom. The highest BCUT2D eigenvalue weighted by Gasteiger charge is 2.39. The second kappa shape index (κ2) is 6.19. The van der Waals surface area contributed by atoms with Crippen molar-refractivity contribution in [2.24, 2.45) is 0 Å². The van der Waals surface area contributed by atoms with Crippen LogP contribution >= 0.6 is 0 Å². The van der Waals surface area contributed by atoms with Crippen LogP contribution in [-0.2, 0) is 14.8 Å². The van der Waals surface area contributed by atoms with Crippen LogP contribution in [0.4, 0.5) is 0 Å². The summed E-state index contributed by atoms with van der Waals surface area (Å²) in [7, 11) is -3.57. The minimum atomic E-state index is -3.57. The molecule has 0 spiro atoms. The normalized spacial score (nSPS) is 23.6. The highest BCUT2D eigenvalue weighted by atomic mass is 32.2. The second-order valence-corrected chi connectivity index (χ2v) is 9.38. The highest BCUT2D eigenvalue weighted by Crippen LogP contribution is 2.31. The summed E-state index contributed by atoms with van der Waals surface area (Å²) in [6, 6.07) is 6.61. The molecule has 3 aliphatic heterocycles. The molecule has 1 saturated heterocycles. The van der Waals surface area contributed by atoms with Gasteiger partial charge in [0, 0.05) is 31.6 Å². The van der Waals surface area contributed by atoms with Crippen LogP contribution in [0.5, 0.6) is 0 Å². The first-order chi connectivity index (χ1) is 13.0. The van der Waals surface area contributed by atoms with Crippen LogP contribution in [0.1, 0.15) is 12.8 Å². The van der Waals surface area contributed by atoms with Crippen molar-refractivity contribution in [1.82, 2.24) is 14.5 Å². The number of nitrogens with one attached hydrogen (secondary N) is 1. The van der Waals surface area contributed by atoms with Crippen LogP contribution in [-0.4, -0.2) is 62.3 Å². The molecule has 3 aliphatic rings. The largest absolute Gasteiger partial charge is 0.464 e. The average Bonchev–Trinajstić information content (AvgIpc) is 3.43. The van der Waals surface area contributed by atoms with E-state index in [0.29, 0.717) is 31.8 Å². The lowest BCUT2D eigenvalue weighted by Crippen LogP contribution is -2.44. The van der Waals surface area contributed by atoms with Crippen molar-refractivity contribution in [2.75, 3.05) is 32.7 Å². The maximum Gasteiger partial charge on any atom is 0.243 e. The van der Waals surface area contributed by atoms with Gasteiger partial charge in [-0.15, -0.1) is 0 Å². The van der Waals surface area contributed by atoms with Gasteiger partial charge >= 0.3 is 0 Å². The van der Waals surface area contributed by atoms with Crippen molar-refractivity contribution >= 4 is 26.9 Å². The number of sulfonamides is 1. The van der Waals surface area contributed by atoms with Gasteiger partial charge in [-0.05, 0) is 54.8 Å². The van der Waals surface area contributed by atoms with Crippen LogP contribution in [0.2, 0.25) is 0 Å². The summed E-state index contributed by atoms with van der Waals surface area (Å²) >= 11 is 0. The monoisotopic (exact) mass is 387 g/mol. The Morgan fingerprint density at radius 3 is 2.59 bits per heavy atom. The summed E-state index contributed by atoms with van der Waals surface area (Å²) in [6.07, 6.45) is 3.47. The van der Waals surface area contributed by atoms with Gasteiger partial charge in [0.25, 0.3) is 0 Å². The van der Waals surface area contributed by atoms with E-state index in [0.717, 1.165) is 35.9 Å². The molecule has 1 amide bonds. The molecule has 1 aromatic heterocycles. The van der Waals surface area contributed by atoms with Gasteiger partial charge < -0.3 is 14.6 Å². The minimum absolute atomic E-state index is 0.0773. The van der Waals surface area contributed by atoms with Crippen molar-refractivity contribution in [3.63, 3.8) is 0 Å². The molecule has 1 unspecified atom stereocenters. The topological polar surface area (TPSA) is 82.9 Å². The third-order valence-electron chi connectivity index (χ3n) is 5.73. The number of fused-ring (bicyclic) bond motifs is 1. The maximum atomic E-state index is 13.0. The number of hydrogen-bond donors (Lipinski definition) is 1. The number of benzene rings is 1. The quantitative estimate of drug-likeness (QED) is 0.804. The van der Waals surface area contributed by atoms with Gasteiger partial charge in [0.2, 0.25) is 15.9 Å². The number of hydrogen-bond acceptors (Lipinski definition) is 5. The fraction of sp³-hybridized carbons (Fsp3) is 0.421. The molecule has 27 heavy (non-hydrogen) atoms. The van der Waals surface area contributed by atoms with Crippen LogP contribution in [0.3, 0.4) is 0 Å². The Balaban J connectivity index is 1.30. The van der Waals surface area contributed by atoms with Gasteiger partial charge in [-0.25, -0.2) is 8.42 Å². The van der Waals surface area contributed by atoms with E-state index in [9.17, 15) is 13.2 Å². The van der Waals surface area contributed by atoms with Gasteiger partial charge in [-0.3, -0.25) is 4.79 Å². The summed E-state index contributed by atoms with van der Waals surface area (Å²) in [5.74, 6) is 0.140. The fourth-order valence-electron chi connectivity index (χ4n) is 4.24. The third-order valence-corrected chi connectivity index (χ3v) is 7.52. The lowest BCUT2D eigenvalue weighted by molar-refractivity contribution is -0.131. The summed E-state index contributed by atoms with van der Waals surface area (Å²) in [5.41, 5.74) is 2.80. The summed E-state index contributed by atoms with van der Waals surface area (Å²) in [5, 5.41) is 4.02. The first kappa shape index (κ1) is 17.0. The first-order valence-electron chi connectivity index (χ1n) is 9.22. The standard InChI is InChI=1S/C19H21N3O4S/c23-19(17-2-1-6-20-17)21-9-14-11-22(12-15(14)10-21)27(24,25)16-3-4-18-13(8-16)5-7-26-18/h3-5,7-8,17,20H,1-2,6,9-12H2. The molecule has 0 saturated carbocycles. The summed E-state index contributed by atoms with van der Waals surface area (Å²) < 4.78 is 32.9. The van der Waals surface area contributed by atoms with E-state index >= 15 is 0 Å². The second-order valence-electron chi connectivity index (χ2n) is 7.44. The molecule has 1 atom stereocenters. The smallest absolute Gasteiger partial charge is 0.243 e. The Hall–Kier alpha value is -2.16. The van der Waals surface area contributed by atoms with Crippen molar-refractivity contribution in [3.8, 4) is 0 Å². The SMILES string of the molecule is O=C(C1CCCN1)N1CC2=C(C1)CN(S(=O)(=O)c1ccc3occc3c1)C2. The molecule has 5 rings (SSSR count). The van der Waals surface area contributed by atoms with E-state index in [-0.39, 0.29) is 16.8 Å². The molecular weight excluding hydrogens is 366 g/mol. The van der Waals surface area contributed by atoms with Gasteiger partial charge in [0.05, 0.1) is 17.2 Å². The number of rotatable bonds is 3. The van der Waals surface area contributed by atoms with Crippen molar-refractivity contribution in [1.29, 1.82) is 0 Å². The van der Waals surface area contributed by atoms with Crippen LogP contribution in [0.15, 0.2) is 51.0 Å². The average molecular weight is 387 g/mol. The number of amides is 1. The molecule has 4 heterocycles. The molecule has 1 N–H and O–H groups in total. The van der Waals surface area contributed by atoms with E-state index in [4.69, 9.17) is 4.42 Å². The van der Waals surface area contributed by atoms with Gasteiger partial charge in [-0.2, -0.15) is 4.31 Å². The zero-order chi connectivity index (χ0) is 18.6. The van der Waals surface area contributed by atoms with E-state index in [1.165, 1.54) is 4.31 Å². The molecule has 142 valence electrons. The number of carbonyl (C=O) groups excluding carboxylic acids is 1. The van der Waals surface area contributed by atoms with Crippen LogP contribution < -0.4 is 5.32 Å². The lowest BCUT2D eigenvalue weighted by atomic mass is 10.2. The van der Waals surface area contributed by atoms with Gasteiger partial charge in [-0.1, -0.05) is 0 Å². The molecule has 7 nitrogen and oxygen atoms in total. The summed E-state index contributed by atoms with van der Waals surface area (Å²) in [6.45, 7) is 2.70. The van der Waals surface area contributed by atoms with Crippen molar-refractivity contribution < 1.29 is 17.6 Å². The first-order valence-corrected chi connectivity index (χ1v) is 10.7. The summed E-state index contributed by atoms with van der Waals surface area (Å²) in [4.78, 5) is 14.7. The molecular formula is C19H21N3O4S.